The molecule has 0 spiro atoms. The Kier molecular flexibility index (Phi) is 4.90. The molecule has 5 heteroatoms. The zero-order valence-electron chi connectivity index (χ0n) is 13.1. The van der Waals surface area contributed by atoms with Crippen molar-refractivity contribution in [3.8, 4) is 0 Å². The molecule has 3 rings (SSSR count). The predicted octanol–water partition coefficient (Wildman–Crippen LogP) is 2.79. The van der Waals surface area contributed by atoms with Crippen LogP contribution in [0.1, 0.15) is 23.5 Å². The topological polar surface area (TPSA) is 49.3 Å². The van der Waals surface area contributed by atoms with Gasteiger partial charge in [0.25, 0.3) is 0 Å². The lowest BCUT2D eigenvalue weighted by molar-refractivity contribution is -0.123. The molecule has 1 aliphatic carbocycles. The van der Waals surface area contributed by atoms with Crippen LogP contribution in [0.5, 0.6) is 0 Å². The molecule has 2 aromatic carbocycles. The molecule has 2 aromatic rings. The number of rotatable bonds is 6. The summed E-state index contributed by atoms with van der Waals surface area (Å²) in [6, 6.07) is 12.6. The van der Waals surface area contributed by atoms with Crippen LogP contribution in [-0.4, -0.2) is 23.7 Å². The zero-order chi connectivity index (χ0) is 17.1. The number of hydrogen-bond donors (Lipinski definition) is 2. The van der Waals surface area contributed by atoms with Crippen molar-refractivity contribution in [3.05, 3.63) is 71.3 Å². The third kappa shape index (κ3) is 3.79. The van der Waals surface area contributed by atoms with Crippen LogP contribution in [0.3, 0.4) is 0 Å². The second kappa shape index (κ2) is 7.09. The maximum atomic E-state index is 13.8. The van der Waals surface area contributed by atoms with E-state index in [0.29, 0.717) is 18.4 Å². The van der Waals surface area contributed by atoms with Crippen molar-refractivity contribution in [2.75, 3.05) is 6.61 Å². The van der Waals surface area contributed by atoms with Crippen LogP contribution < -0.4 is 5.32 Å². The second-order valence-electron chi connectivity index (χ2n) is 6.19. The van der Waals surface area contributed by atoms with Gasteiger partial charge in [-0.1, -0.05) is 36.4 Å². The van der Waals surface area contributed by atoms with Gasteiger partial charge in [0, 0.05) is 12.0 Å². The van der Waals surface area contributed by atoms with Gasteiger partial charge in [-0.2, -0.15) is 0 Å². The monoisotopic (exact) mass is 331 g/mol. The van der Waals surface area contributed by atoms with Gasteiger partial charge in [-0.25, -0.2) is 8.78 Å². The van der Waals surface area contributed by atoms with E-state index < -0.39 is 11.6 Å². The van der Waals surface area contributed by atoms with E-state index >= 15 is 0 Å². The van der Waals surface area contributed by atoms with Gasteiger partial charge in [0.05, 0.1) is 12.6 Å². The summed E-state index contributed by atoms with van der Waals surface area (Å²) in [6.07, 6.45) is 1.07. The number of carbonyl (C=O) groups is 1. The fourth-order valence-corrected chi connectivity index (χ4v) is 3.00. The normalized spacial score (nSPS) is 20.5. The van der Waals surface area contributed by atoms with E-state index in [-0.39, 0.29) is 30.4 Å². The van der Waals surface area contributed by atoms with E-state index in [1.54, 1.807) is 0 Å². The van der Waals surface area contributed by atoms with Gasteiger partial charge >= 0.3 is 0 Å². The molecule has 0 heterocycles. The number of benzene rings is 2. The number of carbonyl (C=O) groups excluding carboxylic acids is 1. The Labute approximate surface area is 139 Å². The van der Waals surface area contributed by atoms with E-state index in [0.717, 1.165) is 11.6 Å². The Hall–Kier alpha value is -2.27. The number of aliphatic hydroxyl groups excluding tert-OH is 1. The lowest BCUT2D eigenvalue weighted by atomic mass is 10.1. The molecule has 0 bridgehead atoms. The van der Waals surface area contributed by atoms with Crippen LogP contribution in [0.15, 0.2) is 48.5 Å². The summed E-state index contributed by atoms with van der Waals surface area (Å²) in [4.78, 5) is 12.3. The molecule has 0 aromatic heterocycles. The fraction of sp³-hybridized carbons (Fsp3) is 0.316. The lowest BCUT2D eigenvalue weighted by Crippen LogP contribution is -2.40. The second-order valence-corrected chi connectivity index (χ2v) is 6.19. The predicted molar refractivity (Wildman–Crippen MR) is 86.4 cm³/mol. The highest BCUT2D eigenvalue weighted by Gasteiger charge is 2.45. The van der Waals surface area contributed by atoms with Gasteiger partial charge in [0.15, 0.2) is 0 Å². The van der Waals surface area contributed by atoms with Crippen molar-refractivity contribution in [1.29, 1.82) is 0 Å². The Morgan fingerprint density at radius 1 is 1.21 bits per heavy atom. The molecule has 1 saturated carbocycles. The quantitative estimate of drug-likeness (QED) is 0.855. The molecule has 1 amide bonds. The van der Waals surface area contributed by atoms with Crippen molar-refractivity contribution >= 4 is 5.91 Å². The first-order chi connectivity index (χ1) is 11.6. The maximum Gasteiger partial charge on any atom is 0.224 e. The van der Waals surface area contributed by atoms with Crippen molar-refractivity contribution in [2.24, 2.45) is 5.92 Å². The summed E-state index contributed by atoms with van der Waals surface area (Å²) in [5, 5.41) is 12.3. The Bertz CT molecular complexity index is 721. The van der Waals surface area contributed by atoms with Gasteiger partial charge in [0.1, 0.15) is 11.6 Å². The van der Waals surface area contributed by atoms with Crippen LogP contribution in [0.25, 0.3) is 0 Å². The molecule has 1 aliphatic rings. The summed E-state index contributed by atoms with van der Waals surface area (Å²) < 4.78 is 26.7. The molecule has 1 fully saturated rings. The highest BCUT2D eigenvalue weighted by Crippen LogP contribution is 2.48. The van der Waals surface area contributed by atoms with Crippen LogP contribution >= 0.6 is 0 Å². The van der Waals surface area contributed by atoms with E-state index in [1.807, 2.05) is 30.3 Å². The summed E-state index contributed by atoms with van der Waals surface area (Å²) in [7, 11) is 0. The lowest BCUT2D eigenvalue weighted by Gasteiger charge is -2.16. The highest BCUT2D eigenvalue weighted by molar-refractivity contribution is 5.83. The minimum Gasteiger partial charge on any atom is -0.394 e. The summed E-state index contributed by atoms with van der Waals surface area (Å²) >= 11 is 0. The molecule has 3 nitrogen and oxygen atoms in total. The number of nitrogens with one attached hydrogen (secondary N) is 1. The molecular formula is C19H19F2NO2. The molecule has 24 heavy (non-hydrogen) atoms. The summed E-state index contributed by atoms with van der Waals surface area (Å²) in [5.41, 5.74) is 1.40. The largest absolute Gasteiger partial charge is 0.394 e. The van der Waals surface area contributed by atoms with Crippen molar-refractivity contribution in [2.45, 2.75) is 24.8 Å². The number of amides is 1. The van der Waals surface area contributed by atoms with Crippen molar-refractivity contribution in [3.63, 3.8) is 0 Å². The van der Waals surface area contributed by atoms with Gasteiger partial charge in [-0.05, 0) is 36.0 Å². The Morgan fingerprint density at radius 2 is 1.96 bits per heavy atom. The van der Waals surface area contributed by atoms with Gasteiger partial charge in [0.2, 0.25) is 5.91 Å². The molecule has 0 radical (unpaired) electrons. The molecule has 2 N–H and O–H groups in total. The third-order valence-electron chi connectivity index (χ3n) is 4.38. The van der Waals surface area contributed by atoms with E-state index in [9.17, 15) is 18.7 Å². The van der Waals surface area contributed by atoms with Gasteiger partial charge in [-0.15, -0.1) is 0 Å². The van der Waals surface area contributed by atoms with E-state index in [1.165, 1.54) is 12.1 Å². The zero-order valence-corrected chi connectivity index (χ0v) is 13.1. The molecular weight excluding hydrogens is 312 g/mol. The summed E-state index contributed by atoms with van der Waals surface area (Å²) in [6.45, 7) is -0.164. The average molecular weight is 331 g/mol. The third-order valence-corrected chi connectivity index (χ3v) is 4.38. The van der Waals surface area contributed by atoms with Crippen LogP contribution in [-0.2, 0) is 11.2 Å². The molecule has 3 atom stereocenters. The number of aliphatic hydroxyl groups is 1. The number of halogens is 2. The Morgan fingerprint density at radius 3 is 2.62 bits per heavy atom. The minimum absolute atomic E-state index is 0.164. The molecule has 3 unspecified atom stereocenters. The van der Waals surface area contributed by atoms with Crippen molar-refractivity contribution in [1.82, 2.24) is 5.32 Å². The van der Waals surface area contributed by atoms with E-state index in [2.05, 4.69) is 5.32 Å². The first kappa shape index (κ1) is 16.6. The molecule has 0 aliphatic heterocycles. The van der Waals surface area contributed by atoms with Crippen LogP contribution in [0.2, 0.25) is 0 Å². The highest BCUT2D eigenvalue weighted by atomic mass is 19.1. The first-order valence-electron chi connectivity index (χ1n) is 7.98. The van der Waals surface area contributed by atoms with Crippen LogP contribution in [0.4, 0.5) is 8.78 Å². The van der Waals surface area contributed by atoms with Crippen LogP contribution in [0, 0.1) is 17.6 Å². The minimum atomic E-state index is -0.624. The maximum absolute atomic E-state index is 13.8. The van der Waals surface area contributed by atoms with Gasteiger partial charge < -0.3 is 10.4 Å². The standard InChI is InChI=1S/C19H19F2NO2/c20-13-6-7-15(18(21)9-13)16-10-17(16)19(24)22-14(11-23)8-12-4-2-1-3-5-12/h1-7,9,14,16-17,23H,8,10-11H2,(H,22,24). The van der Waals surface area contributed by atoms with Crippen molar-refractivity contribution < 1.29 is 18.7 Å². The SMILES string of the molecule is O=C(NC(CO)Cc1ccccc1)C1CC1c1ccc(F)cc1F. The Balaban J connectivity index is 1.59. The van der Waals surface area contributed by atoms with Gasteiger partial charge in [-0.3, -0.25) is 4.79 Å². The summed E-state index contributed by atoms with van der Waals surface area (Å²) in [5.74, 6) is -1.98. The smallest absolute Gasteiger partial charge is 0.224 e. The number of hydrogen-bond acceptors (Lipinski definition) is 2. The van der Waals surface area contributed by atoms with E-state index in [4.69, 9.17) is 0 Å². The molecule has 126 valence electrons. The molecule has 0 saturated heterocycles. The first-order valence-corrected chi connectivity index (χ1v) is 7.98. The average Bonchev–Trinajstić information content (AvgIpc) is 3.35. The fourth-order valence-electron chi connectivity index (χ4n) is 3.00.